The Morgan fingerprint density at radius 1 is 1.09 bits per heavy atom. The Hall–Kier alpha value is -3.27. The fourth-order valence-corrected chi connectivity index (χ4v) is 5.02. The van der Waals surface area contributed by atoms with E-state index in [9.17, 15) is 9.90 Å². The SMILES string of the molecule is O=C(O)c1ccc(-c2ccc(C3C(c4ccccn4)NC(=S)N3CCCN3CCOCC3)o2)cc1. The molecule has 182 valence electrons. The number of hydrogen-bond acceptors (Lipinski definition) is 6. The summed E-state index contributed by atoms with van der Waals surface area (Å²) in [5.41, 5.74) is 1.97. The van der Waals surface area contributed by atoms with E-state index in [-0.39, 0.29) is 17.6 Å². The number of carboxylic acid groups (broad SMARTS) is 1. The monoisotopic (exact) mass is 492 g/mol. The number of thiocarbonyl (C=S) groups is 1. The molecule has 2 atom stereocenters. The summed E-state index contributed by atoms with van der Waals surface area (Å²) >= 11 is 5.76. The van der Waals surface area contributed by atoms with Crippen LogP contribution in [0.1, 0.15) is 40.3 Å². The number of aromatic carboxylic acids is 1. The van der Waals surface area contributed by atoms with Gasteiger partial charge < -0.3 is 24.5 Å². The van der Waals surface area contributed by atoms with Crippen LogP contribution in [0.15, 0.2) is 65.2 Å². The van der Waals surface area contributed by atoms with Crippen molar-refractivity contribution in [2.24, 2.45) is 0 Å². The lowest BCUT2D eigenvalue weighted by Gasteiger charge is -2.29. The molecule has 5 rings (SSSR count). The van der Waals surface area contributed by atoms with Gasteiger partial charge in [0.2, 0.25) is 0 Å². The lowest BCUT2D eigenvalue weighted by molar-refractivity contribution is 0.0365. The van der Waals surface area contributed by atoms with Gasteiger partial charge in [0.25, 0.3) is 0 Å². The molecule has 9 heteroatoms. The maximum Gasteiger partial charge on any atom is 0.335 e. The number of morpholine rings is 1. The second-order valence-corrected chi connectivity index (χ2v) is 9.10. The molecule has 0 spiro atoms. The number of rotatable bonds is 8. The molecule has 0 amide bonds. The number of carbonyl (C=O) groups is 1. The van der Waals surface area contributed by atoms with Gasteiger partial charge in [-0.15, -0.1) is 0 Å². The van der Waals surface area contributed by atoms with Crippen molar-refractivity contribution in [2.75, 3.05) is 39.4 Å². The number of furan rings is 1. The number of ether oxygens (including phenoxy) is 1. The molecule has 35 heavy (non-hydrogen) atoms. The average molecular weight is 493 g/mol. The molecule has 2 fully saturated rings. The predicted octanol–water partition coefficient (Wildman–Crippen LogP) is 3.73. The van der Waals surface area contributed by atoms with Crippen molar-refractivity contribution in [2.45, 2.75) is 18.5 Å². The van der Waals surface area contributed by atoms with Crippen molar-refractivity contribution in [3.05, 3.63) is 77.8 Å². The van der Waals surface area contributed by atoms with Gasteiger partial charge in [0.1, 0.15) is 17.6 Å². The first-order valence-electron chi connectivity index (χ1n) is 11.8. The van der Waals surface area contributed by atoms with E-state index in [0.717, 1.165) is 62.8 Å². The second kappa shape index (κ2) is 10.6. The lowest BCUT2D eigenvalue weighted by atomic mass is 10.0. The molecule has 4 heterocycles. The Kier molecular flexibility index (Phi) is 7.08. The highest BCUT2D eigenvalue weighted by Gasteiger charge is 2.41. The summed E-state index contributed by atoms with van der Waals surface area (Å²) in [6.07, 6.45) is 2.76. The molecule has 3 aromatic rings. The van der Waals surface area contributed by atoms with E-state index in [4.69, 9.17) is 21.4 Å². The standard InChI is InChI=1S/C26H28N4O4S/c31-25(32)19-7-5-18(6-8-19)21-9-10-22(34-21)24-23(20-4-1-2-11-27-20)28-26(35)30(24)13-3-12-29-14-16-33-17-15-29/h1-2,4-11,23-24H,3,12-17H2,(H,28,35)(H,31,32). The number of nitrogens with zero attached hydrogens (tertiary/aromatic N) is 3. The van der Waals surface area contributed by atoms with Crippen LogP contribution in [0.2, 0.25) is 0 Å². The summed E-state index contributed by atoms with van der Waals surface area (Å²) in [5, 5.41) is 13.3. The number of aromatic nitrogens is 1. The summed E-state index contributed by atoms with van der Waals surface area (Å²) in [5.74, 6) is 0.521. The van der Waals surface area contributed by atoms with Gasteiger partial charge in [-0.3, -0.25) is 9.88 Å². The van der Waals surface area contributed by atoms with Gasteiger partial charge in [-0.25, -0.2) is 4.79 Å². The van der Waals surface area contributed by atoms with Crippen LogP contribution in [0.3, 0.4) is 0 Å². The van der Waals surface area contributed by atoms with E-state index < -0.39 is 5.97 Å². The molecule has 2 saturated heterocycles. The molecule has 2 aliphatic rings. The van der Waals surface area contributed by atoms with Gasteiger partial charge in [0.05, 0.1) is 30.5 Å². The molecule has 0 aliphatic carbocycles. The van der Waals surface area contributed by atoms with Gasteiger partial charge in [0.15, 0.2) is 5.11 Å². The van der Waals surface area contributed by atoms with E-state index in [1.165, 1.54) is 0 Å². The summed E-state index contributed by atoms with van der Waals surface area (Å²) in [6, 6.07) is 16.2. The Morgan fingerprint density at radius 3 is 2.60 bits per heavy atom. The van der Waals surface area contributed by atoms with E-state index in [1.54, 1.807) is 30.5 Å². The Balaban J connectivity index is 1.38. The molecular formula is C26H28N4O4S. The Morgan fingerprint density at radius 2 is 1.89 bits per heavy atom. The molecule has 1 aromatic carbocycles. The highest BCUT2D eigenvalue weighted by atomic mass is 32.1. The van der Waals surface area contributed by atoms with Crippen LogP contribution in [0.5, 0.6) is 0 Å². The summed E-state index contributed by atoms with van der Waals surface area (Å²) in [4.78, 5) is 20.4. The zero-order valence-electron chi connectivity index (χ0n) is 19.3. The molecule has 0 radical (unpaired) electrons. The maximum atomic E-state index is 11.2. The lowest BCUT2D eigenvalue weighted by Crippen LogP contribution is -2.38. The highest BCUT2D eigenvalue weighted by Crippen LogP contribution is 2.40. The van der Waals surface area contributed by atoms with Crippen molar-refractivity contribution in [3.63, 3.8) is 0 Å². The van der Waals surface area contributed by atoms with Gasteiger partial charge in [0, 0.05) is 37.9 Å². The molecule has 0 saturated carbocycles. The zero-order chi connectivity index (χ0) is 24.2. The van der Waals surface area contributed by atoms with Crippen LogP contribution in [-0.4, -0.2) is 70.4 Å². The fourth-order valence-electron chi connectivity index (χ4n) is 4.69. The molecule has 2 aromatic heterocycles. The van der Waals surface area contributed by atoms with Gasteiger partial charge in [-0.05, 0) is 55.0 Å². The van der Waals surface area contributed by atoms with E-state index in [0.29, 0.717) is 10.9 Å². The largest absolute Gasteiger partial charge is 0.478 e. The van der Waals surface area contributed by atoms with Crippen molar-refractivity contribution in [1.82, 2.24) is 20.1 Å². The Labute approximate surface area is 209 Å². The third-order valence-corrected chi connectivity index (χ3v) is 6.86. The van der Waals surface area contributed by atoms with Crippen LogP contribution < -0.4 is 5.32 Å². The number of nitrogens with one attached hydrogen (secondary N) is 1. The van der Waals surface area contributed by atoms with Crippen LogP contribution >= 0.6 is 12.2 Å². The topological polar surface area (TPSA) is 91.1 Å². The van der Waals surface area contributed by atoms with Crippen LogP contribution in [0, 0.1) is 0 Å². The zero-order valence-corrected chi connectivity index (χ0v) is 20.1. The molecular weight excluding hydrogens is 464 g/mol. The molecule has 8 nitrogen and oxygen atoms in total. The first-order chi connectivity index (χ1) is 17.1. The fraction of sp³-hybridized carbons (Fsp3) is 0.346. The number of carboxylic acids is 1. The van der Waals surface area contributed by atoms with Gasteiger partial charge in [-0.1, -0.05) is 18.2 Å². The second-order valence-electron chi connectivity index (χ2n) is 8.71. The smallest absolute Gasteiger partial charge is 0.335 e. The third kappa shape index (κ3) is 5.22. The minimum Gasteiger partial charge on any atom is -0.478 e. The first kappa shape index (κ1) is 23.5. The summed E-state index contributed by atoms with van der Waals surface area (Å²) < 4.78 is 11.8. The number of hydrogen-bond donors (Lipinski definition) is 2. The molecule has 2 aliphatic heterocycles. The predicted molar refractivity (Wildman–Crippen MR) is 135 cm³/mol. The minimum atomic E-state index is -0.951. The molecule has 0 bridgehead atoms. The number of pyridine rings is 1. The molecule has 2 N–H and O–H groups in total. The quantitative estimate of drug-likeness (QED) is 0.456. The third-order valence-electron chi connectivity index (χ3n) is 6.51. The van der Waals surface area contributed by atoms with Crippen LogP contribution in [-0.2, 0) is 4.74 Å². The molecule has 2 unspecified atom stereocenters. The first-order valence-corrected chi connectivity index (χ1v) is 12.2. The Bertz CT molecular complexity index is 1160. The summed E-state index contributed by atoms with van der Waals surface area (Å²) in [7, 11) is 0. The van der Waals surface area contributed by atoms with Crippen molar-refractivity contribution >= 4 is 23.3 Å². The van der Waals surface area contributed by atoms with Gasteiger partial charge >= 0.3 is 5.97 Å². The van der Waals surface area contributed by atoms with E-state index in [1.807, 2.05) is 30.3 Å². The summed E-state index contributed by atoms with van der Waals surface area (Å²) in [6.45, 7) is 5.28. The highest BCUT2D eigenvalue weighted by molar-refractivity contribution is 7.80. The van der Waals surface area contributed by atoms with Crippen molar-refractivity contribution in [3.8, 4) is 11.3 Å². The maximum absolute atomic E-state index is 11.2. The van der Waals surface area contributed by atoms with Crippen LogP contribution in [0.25, 0.3) is 11.3 Å². The van der Waals surface area contributed by atoms with Crippen molar-refractivity contribution < 1.29 is 19.1 Å². The van der Waals surface area contributed by atoms with Crippen molar-refractivity contribution in [1.29, 1.82) is 0 Å². The number of benzene rings is 1. The van der Waals surface area contributed by atoms with E-state index >= 15 is 0 Å². The van der Waals surface area contributed by atoms with E-state index in [2.05, 4.69) is 20.1 Å². The minimum absolute atomic E-state index is 0.138. The van der Waals surface area contributed by atoms with Crippen LogP contribution in [0.4, 0.5) is 0 Å². The van der Waals surface area contributed by atoms with Gasteiger partial charge in [-0.2, -0.15) is 0 Å². The normalized spacial score (nSPS) is 20.7. The average Bonchev–Trinajstić information content (AvgIpc) is 3.50.